The molecule has 2 heterocycles. The van der Waals surface area contributed by atoms with Gasteiger partial charge in [-0.3, -0.25) is 0 Å². The normalized spacial score (nSPS) is 23.7. The van der Waals surface area contributed by atoms with Gasteiger partial charge in [-0.2, -0.15) is 0 Å². The van der Waals surface area contributed by atoms with Gasteiger partial charge < -0.3 is 4.74 Å². The lowest BCUT2D eigenvalue weighted by Crippen LogP contribution is -2.40. The number of ether oxygens (including phenoxy) is 1. The van der Waals surface area contributed by atoms with E-state index in [9.17, 15) is 8.42 Å². The standard InChI is InChI=1S/C11H14Cl2N2O3S/c1-11(3-2-4-18-11)7-15-19(16,17)8-5-9(12)10(13)14-6-8/h5-6,15H,2-4,7H2,1H3. The molecule has 0 aromatic carbocycles. The minimum Gasteiger partial charge on any atom is -0.374 e. The number of sulfonamides is 1. The van der Waals surface area contributed by atoms with E-state index in [2.05, 4.69) is 9.71 Å². The van der Waals surface area contributed by atoms with E-state index in [1.54, 1.807) is 0 Å². The molecule has 5 nitrogen and oxygen atoms in total. The molecule has 1 fully saturated rings. The Labute approximate surface area is 122 Å². The van der Waals surface area contributed by atoms with Gasteiger partial charge >= 0.3 is 0 Å². The molecule has 8 heteroatoms. The van der Waals surface area contributed by atoms with Crippen molar-refractivity contribution in [3.8, 4) is 0 Å². The minimum atomic E-state index is -3.66. The van der Waals surface area contributed by atoms with Crippen LogP contribution >= 0.6 is 23.2 Å². The van der Waals surface area contributed by atoms with Crippen LogP contribution in [0.2, 0.25) is 10.2 Å². The van der Waals surface area contributed by atoms with Crippen LogP contribution in [0.3, 0.4) is 0 Å². The molecule has 1 aromatic rings. The van der Waals surface area contributed by atoms with E-state index in [0.29, 0.717) is 6.61 Å². The fourth-order valence-corrected chi connectivity index (χ4v) is 3.32. The molecule has 1 aromatic heterocycles. The molecule has 19 heavy (non-hydrogen) atoms. The average Bonchev–Trinajstić information content (AvgIpc) is 2.78. The number of hydrogen-bond acceptors (Lipinski definition) is 4. The Morgan fingerprint density at radius 1 is 1.53 bits per heavy atom. The lowest BCUT2D eigenvalue weighted by atomic mass is 10.0. The van der Waals surface area contributed by atoms with E-state index in [-0.39, 0.29) is 21.6 Å². The monoisotopic (exact) mass is 324 g/mol. The van der Waals surface area contributed by atoms with Crippen molar-refractivity contribution >= 4 is 33.2 Å². The molecule has 1 unspecified atom stereocenters. The van der Waals surface area contributed by atoms with E-state index in [1.807, 2.05) is 6.92 Å². The van der Waals surface area contributed by atoms with Crippen LogP contribution in [0, 0.1) is 0 Å². The zero-order valence-electron chi connectivity index (χ0n) is 10.3. The molecule has 0 saturated carbocycles. The Morgan fingerprint density at radius 2 is 2.26 bits per heavy atom. The molecule has 1 N–H and O–H groups in total. The number of nitrogens with zero attached hydrogens (tertiary/aromatic N) is 1. The summed E-state index contributed by atoms with van der Waals surface area (Å²) in [6.45, 7) is 2.76. The maximum atomic E-state index is 12.1. The first-order chi connectivity index (χ1) is 8.82. The van der Waals surface area contributed by atoms with Crippen molar-refractivity contribution < 1.29 is 13.2 Å². The van der Waals surface area contributed by atoms with Crippen LogP contribution in [0.25, 0.3) is 0 Å². The summed E-state index contributed by atoms with van der Waals surface area (Å²) in [5.41, 5.74) is -0.448. The molecule has 0 aliphatic carbocycles. The molecular formula is C11H14Cl2N2O3S. The van der Waals surface area contributed by atoms with Gasteiger partial charge in [-0.05, 0) is 25.8 Å². The van der Waals surface area contributed by atoms with Crippen LogP contribution in [0.5, 0.6) is 0 Å². The third-order valence-corrected chi connectivity index (χ3v) is 5.07. The third-order valence-electron chi connectivity index (χ3n) is 3.02. The topological polar surface area (TPSA) is 68.3 Å². The molecular weight excluding hydrogens is 311 g/mol. The summed E-state index contributed by atoms with van der Waals surface area (Å²) in [5, 5.41) is 0.180. The summed E-state index contributed by atoms with van der Waals surface area (Å²) in [7, 11) is -3.66. The van der Waals surface area contributed by atoms with Crippen molar-refractivity contribution in [3.63, 3.8) is 0 Å². The predicted octanol–water partition coefficient (Wildman–Crippen LogP) is 2.24. The molecule has 0 amide bonds. The Morgan fingerprint density at radius 3 is 2.84 bits per heavy atom. The van der Waals surface area contributed by atoms with E-state index >= 15 is 0 Å². The van der Waals surface area contributed by atoms with Gasteiger partial charge in [0.05, 0.1) is 10.6 Å². The van der Waals surface area contributed by atoms with E-state index in [0.717, 1.165) is 12.8 Å². The lowest BCUT2D eigenvalue weighted by molar-refractivity contribution is 0.0250. The van der Waals surface area contributed by atoms with Crippen molar-refractivity contribution in [1.82, 2.24) is 9.71 Å². The minimum absolute atomic E-state index is 0.0107. The van der Waals surface area contributed by atoms with Crippen molar-refractivity contribution in [1.29, 1.82) is 0 Å². The van der Waals surface area contributed by atoms with Gasteiger partial charge in [-0.15, -0.1) is 0 Å². The van der Waals surface area contributed by atoms with E-state index in [4.69, 9.17) is 27.9 Å². The fourth-order valence-electron chi connectivity index (χ4n) is 1.86. The second kappa shape index (κ2) is 5.54. The van der Waals surface area contributed by atoms with Crippen LogP contribution in [-0.4, -0.2) is 32.2 Å². The smallest absolute Gasteiger partial charge is 0.242 e. The molecule has 0 radical (unpaired) electrons. The second-order valence-electron chi connectivity index (χ2n) is 4.67. The molecule has 2 rings (SSSR count). The van der Waals surface area contributed by atoms with E-state index in [1.165, 1.54) is 12.3 Å². The summed E-state index contributed by atoms with van der Waals surface area (Å²) in [5.74, 6) is 0. The first-order valence-corrected chi connectivity index (χ1v) is 8.01. The highest BCUT2D eigenvalue weighted by Crippen LogP contribution is 2.25. The van der Waals surface area contributed by atoms with Gasteiger partial charge in [0.1, 0.15) is 10.0 Å². The maximum Gasteiger partial charge on any atom is 0.242 e. The van der Waals surface area contributed by atoms with Gasteiger partial charge in [-0.25, -0.2) is 18.1 Å². The predicted molar refractivity (Wildman–Crippen MR) is 73.0 cm³/mol. The SMILES string of the molecule is CC1(CNS(=O)(=O)c2cnc(Cl)c(Cl)c2)CCCO1. The summed E-state index contributed by atoms with van der Waals surface area (Å²) in [6.07, 6.45) is 2.94. The highest BCUT2D eigenvalue weighted by atomic mass is 35.5. The molecule has 1 aliphatic heterocycles. The molecule has 1 aliphatic rings. The summed E-state index contributed by atoms with van der Waals surface area (Å²) >= 11 is 11.4. The Hall–Kier alpha value is -0.400. The largest absolute Gasteiger partial charge is 0.374 e. The maximum absolute atomic E-state index is 12.1. The zero-order chi connectivity index (χ0) is 14.1. The fraction of sp³-hybridized carbons (Fsp3) is 0.545. The van der Waals surface area contributed by atoms with Crippen LogP contribution in [0.15, 0.2) is 17.2 Å². The van der Waals surface area contributed by atoms with Gasteiger partial charge in [0.15, 0.2) is 0 Å². The van der Waals surface area contributed by atoms with Gasteiger partial charge in [0, 0.05) is 19.3 Å². The van der Waals surface area contributed by atoms with Crippen molar-refractivity contribution in [2.75, 3.05) is 13.2 Å². The van der Waals surface area contributed by atoms with Crippen LogP contribution in [0.1, 0.15) is 19.8 Å². The Balaban J connectivity index is 2.11. The van der Waals surface area contributed by atoms with Gasteiger partial charge in [0.25, 0.3) is 0 Å². The number of pyridine rings is 1. The third kappa shape index (κ3) is 3.58. The van der Waals surface area contributed by atoms with Crippen molar-refractivity contribution in [2.24, 2.45) is 0 Å². The first-order valence-electron chi connectivity index (χ1n) is 5.77. The molecule has 0 spiro atoms. The van der Waals surface area contributed by atoms with Crippen molar-refractivity contribution in [2.45, 2.75) is 30.3 Å². The summed E-state index contributed by atoms with van der Waals surface area (Å²) in [6, 6.07) is 1.27. The lowest BCUT2D eigenvalue weighted by Gasteiger charge is -2.23. The highest BCUT2D eigenvalue weighted by molar-refractivity contribution is 7.89. The zero-order valence-corrected chi connectivity index (χ0v) is 12.6. The summed E-state index contributed by atoms with van der Waals surface area (Å²) < 4.78 is 32.2. The molecule has 1 saturated heterocycles. The number of hydrogen-bond donors (Lipinski definition) is 1. The number of halogens is 2. The van der Waals surface area contributed by atoms with Crippen LogP contribution in [-0.2, 0) is 14.8 Å². The number of aromatic nitrogens is 1. The van der Waals surface area contributed by atoms with Gasteiger partial charge in [0.2, 0.25) is 10.0 Å². The number of rotatable bonds is 4. The second-order valence-corrected chi connectivity index (χ2v) is 7.20. The van der Waals surface area contributed by atoms with E-state index < -0.39 is 15.6 Å². The Bertz CT molecular complexity index is 571. The highest BCUT2D eigenvalue weighted by Gasteiger charge is 2.31. The molecule has 106 valence electrons. The Kier molecular flexibility index (Phi) is 4.37. The van der Waals surface area contributed by atoms with Gasteiger partial charge in [-0.1, -0.05) is 23.2 Å². The van der Waals surface area contributed by atoms with Crippen LogP contribution in [0.4, 0.5) is 0 Å². The summed E-state index contributed by atoms with van der Waals surface area (Å²) in [4.78, 5) is 3.71. The van der Waals surface area contributed by atoms with Crippen molar-refractivity contribution in [3.05, 3.63) is 22.4 Å². The number of nitrogens with one attached hydrogen (secondary N) is 1. The van der Waals surface area contributed by atoms with Crippen LogP contribution < -0.4 is 4.72 Å². The first kappa shape index (κ1) is 15.0. The average molecular weight is 325 g/mol. The molecule has 1 atom stereocenters. The molecule has 0 bridgehead atoms. The quantitative estimate of drug-likeness (QED) is 0.862.